The van der Waals surface area contributed by atoms with Crippen LogP contribution in [-0.2, 0) is 33.6 Å². The van der Waals surface area contributed by atoms with Gasteiger partial charge in [0.15, 0.2) is 17.7 Å². The van der Waals surface area contributed by atoms with E-state index < -0.39 is 142 Å². The number of carboxylic acids is 2. The smallest absolute Gasteiger partial charge is 0.336 e. The van der Waals surface area contributed by atoms with Gasteiger partial charge in [0.25, 0.3) is 5.91 Å². The van der Waals surface area contributed by atoms with Gasteiger partial charge in [-0.15, -0.1) is 0 Å². The number of hydrogen-bond acceptors (Lipinski definition) is 16. The highest BCUT2D eigenvalue weighted by Crippen LogP contribution is 2.43. The van der Waals surface area contributed by atoms with Crippen LogP contribution in [0.3, 0.4) is 0 Å². The Morgan fingerprint density at radius 1 is 0.640 bits per heavy atom. The number of aliphatic carboxylic acids is 1. The van der Waals surface area contributed by atoms with E-state index in [9.17, 15) is 77.2 Å². The zero-order valence-corrected chi connectivity index (χ0v) is 58.7. The lowest BCUT2D eigenvalue weighted by Crippen LogP contribution is -2.62. The predicted molar refractivity (Wildman–Crippen MR) is 376 cm³/mol. The lowest BCUT2D eigenvalue weighted by Gasteiger charge is -2.30. The van der Waals surface area contributed by atoms with Gasteiger partial charge in [-0.3, -0.25) is 53.1 Å². The van der Waals surface area contributed by atoms with Gasteiger partial charge in [0, 0.05) is 52.7 Å². The summed E-state index contributed by atoms with van der Waals surface area (Å²) in [6.45, 7) is 17.1. The molecule has 0 fully saturated rings. The number of carbonyl (C=O) groups excluding carboxylic acids is 7. The molecule has 0 saturated heterocycles. The average molecular weight is 1420 g/mol. The third-order valence-electron chi connectivity index (χ3n) is 16.2. The molecule has 18 N–H and O–H groups in total. The zero-order chi connectivity index (χ0) is 74.8. The minimum absolute atomic E-state index is 0.00842. The van der Waals surface area contributed by atoms with Gasteiger partial charge >= 0.3 is 11.9 Å². The highest BCUT2D eigenvalue weighted by atomic mass is 32.2. The number of nitrogens with zero attached hydrogens (tertiary/aromatic N) is 2. The van der Waals surface area contributed by atoms with Crippen LogP contribution in [0.1, 0.15) is 148 Å². The standard InChI is InChI=1S/C69H95F2N13O15S/c1-11-38(8)57(64(93)78-39(9)66(95)96)83-63(92)56(35(4)5)82-62(91)50(33-100-27-24-37(7)19-13-18-36(6)17-12-16-34(2)3)81-60(89)48(20-14-25-76-68(72)73)80-65(94)58(40(10)85)84-61(90)49(21-15-26-77-69(74)75)79-59(88)41-22-23-42(43(28-41)67(97)98)55-44-29-46(70)51(86)31-53(44)99-54-32-52(87)47(71)30-45(54)55/h16,18,22-24,28-32,35,38-40,48-50,56-58,85-86H,11-15,17,19-21,25-27,33H2,1-10H3,(H,78,93)(H,79,88)(H,80,94)(H,81,89)(H,82,91)(H,83,92)(H,84,90)(H,95,96)(H,97,98)(H4,72,73,76)(H4,74,75,77)/p-1/b36-18+,37-24+/t38-,39-,40+,48-,49-,50-,56-,57-,58-/m0/s1. The highest BCUT2D eigenvalue weighted by molar-refractivity contribution is 7.99. The van der Waals surface area contributed by atoms with E-state index in [1.807, 2.05) is 26.8 Å². The predicted octanol–water partition coefficient (Wildman–Crippen LogP) is 4.07. The molecule has 0 radical (unpaired) electrons. The van der Waals surface area contributed by atoms with Gasteiger partial charge in [-0.25, -0.2) is 13.6 Å². The molecule has 0 aromatic heterocycles. The number of benzene rings is 3. The number of nitrogens with one attached hydrogen (secondary N) is 7. The average Bonchev–Trinajstić information content (AvgIpc) is 0.737. The van der Waals surface area contributed by atoms with Crippen molar-refractivity contribution in [1.29, 1.82) is 0 Å². The molecule has 0 saturated carbocycles. The fraction of sp³-hybridized carbons (Fsp3) is 0.478. The Hall–Kier alpha value is -9.91. The van der Waals surface area contributed by atoms with Crippen LogP contribution in [0.25, 0.3) is 33.4 Å². The van der Waals surface area contributed by atoms with Gasteiger partial charge in [0.05, 0.1) is 11.7 Å². The molecule has 1 aliphatic carbocycles. The summed E-state index contributed by atoms with van der Waals surface area (Å²) in [4.78, 5) is 145. The maximum atomic E-state index is 14.9. The fourth-order valence-electron chi connectivity index (χ4n) is 10.3. The lowest BCUT2D eigenvalue weighted by molar-refractivity contribution is -0.272. The molecule has 28 nitrogen and oxygen atoms in total. The van der Waals surface area contributed by atoms with Gasteiger partial charge in [-0.05, 0) is 141 Å². The van der Waals surface area contributed by atoms with E-state index in [0.717, 1.165) is 80.6 Å². The minimum atomic E-state index is -1.90. The van der Waals surface area contributed by atoms with Crippen molar-refractivity contribution in [3.63, 3.8) is 0 Å². The van der Waals surface area contributed by atoms with Crippen molar-refractivity contribution >= 4 is 87.9 Å². The van der Waals surface area contributed by atoms with Gasteiger partial charge in [0.1, 0.15) is 59.5 Å². The first kappa shape index (κ1) is 82.5. The second-order valence-corrected chi connectivity index (χ2v) is 26.1. The van der Waals surface area contributed by atoms with Crippen LogP contribution in [0.2, 0.25) is 0 Å². The van der Waals surface area contributed by atoms with Crippen LogP contribution in [0.15, 0.2) is 96.6 Å². The first-order chi connectivity index (χ1) is 47.0. The quantitative estimate of drug-likeness (QED) is 0.00984. The van der Waals surface area contributed by atoms with Crippen LogP contribution >= 0.6 is 11.8 Å². The van der Waals surface area contributed by atoms with Crippen molar-refractivity contribution in [2.45, 2.75) is 175 Å². The number of aliphatic hydroxyl groups excluding tert-OH is 1. The van der Waals surface area contributed by atoms with E-state index in [1.54, 1.807) is 27.7 Å². The van der Waals surface area contributed by atoms with Crippen LogP contribution < -0.4 is 70.7 Å². The summed E-state index contributed by atoms with van der Waals surface area (Å²) in [6.07, 6.45) is 7.92. The second-order valence-electron chi connectivity index (χ2n) is 25.0. The molecular formula is C69H94F2N13O15S-. The topological polar surface area (TPSA) is 481 Å². The van der Waals surface area contributed by atoms with Crippen molar-refractivity contribution < 1.29 is 76.8 Å². The van der Waals surface area contributed by atoms with Crippen LogP contribution in [-0.4, -0.2) is 154 Å². The van der Waals surface area contributed by atoms with E-state index in [2.05, 4.69) is 66.3 Å². The summed E-state index contributed by atoms with van der Waals surface area (Å²) in [5, 5.41) is 61.4. The molecule has 1 heterocycles. The minimum Gasteiger partial charge on any atom is -0.870 e. The SMILES string of the molecule is CC[C@H](C)[C@H](NC(=O)[C@@H](NC(=O)[C@H](CSC/C=C(\C)CC/C=C(\C)CCC=C(C)C)NC(=O)[C@H](CCCN=C(N)N)NC(=O)[C@@H](NC(=O)[C@H](CCCN=C(N)N)NC(=O)c1ccc(-c2c3cc(F)c(=O)cc-3oc3cc([O-])c(F)cc23)c(C(=O)O)c1)[C@@H](C)O)C(C)C)C(=O)N[C@@H](C)C(=O)O. The van der Waals surface area contributed by atoms with Gasteiger partial charge in [0.2, 0.25) is 40.9 Å². The summed E-state index contributed by atoms with van der Waals surface area (Å²) < 4.78 is 35.6. The van der Waals surface area contributed by atoms with Crippen molar-refractivity contribution in [2.75, 3.05) is 24.6 Å². The van der Waals surface area contributed by atoms with E-state index in [-0.39, 0.29) is 95.4 Å². The summed E-state index contributed by atoms with van der Waals surface area (Å²) in [5.74, 6) is -15.1. The monoisotopic (exact) mass is 1410 g/mol. The Morgan fingerprint density at radius 3 is 1.75 bits per heavy atom. The van der Waals surface area contributed by atoms with Crippen molar-refractivity contribution in [3.05, 3.63) is 110 Å². The van der Waals surface area contributed by atoms with Crippen LogP contribution in [0, 0.1) is 23.5 Å². The third-order valence-corrected chi connectivity index (χ3v) is 17.1. The number of aliphatic imine (C=N–C) groups is 2. The Balaban J connectivity index is 1.71. The maximum absolute atomic E-state index is 14.9. The number of allylic oxidation sites excluding steroid dienone is 5. The van der Waals surface area contributed by atoms with Gasteiger partial charge in [-0.1, -0.05) is 80.9 Å². The number of guanidine groups is 2. The van der Waals surface area contributed by atoms with Gasteiger partial charge < -0.3 is 85.0 Å². The summed E-state index contributed by atoms with van der Waals surface area (Å²) in [5.41, 5.74) is 22.8. The van der Waals surface area contributed by atoms with E-state index >= 15 is 0 Å². The number of aromatic carboxylic acids is 1. The van der Waals surface area contributed by atoms with Gasteiger partial charge in [-0.2, -0.15) is 11.8 Å². The van der Waals surface area contributed by atoms with Crippen LogP contribution in [0.4, 0.5) is 8.78 Å². The third kappa shape index (κ3) is 25.4. The molecule has 31 heteroatoms. The lowest BCUT2D eigenvalue weighted by atomic mass is 9.89. The molecule has 1 aliphatic heterocycles. The Morgan fingerprint density at radius 2 is 1.18 bits per heavy atom. The molecule has 2 aliphatic rings. The molecule has 0 bridgehead atoms. The first-order valence-electron chi connectivity index (χ1n) is 32.7. The number of thioether (sulfide) groups is 1. The van der Waals surface area contributed by atoms with E-state index in [4.69, 9.17) is 27.4 Å². The molecule has 4 rings (SSSR count). The number of fused-ring (bicyclic) bond motifs is 2. The number of rotatable bonds is 39. The van der Waals surface area contributed by atoms with E-state index in [1.165, 1.54) is 29.8 Å². The Kier molecular flexibility index (Phi) is 32.7. The molecule has 546 valence electrons. The first-order valence-corrected chi connectivity index (χ1v) is 33.8. The molecule has 0 unspecified atom stereocenters. The summed E-state index contributed by atoms with van der Waals surface area (Å²) in [6, 6.07) is -4.20. The van der Waals surface area contributed by atoms with Crippen LogP contribution in [0.5, 0.6) is 5.75 Å². The molecule has 2 aromatic carbocycles. The summed E-state index contributed by atoms with van der Waals surface area (Å²) >= 11 is 1.26. The number of nitrogens with two attached hydrogens (primary N) is 4. The number of hydrogen-bond donors (Lipinski definition) is 14. The Labute approximate surface area is 582 Å². The zero-order valence-electron chi connectivity index (χ0n) is 57.8. The summed E-state index contributed by atoms with van der Waals surface area (Å²) in [7, 11) is 0. The number of halogens is 2. The number of carboxylic acid groups (broad SMARTS) is 2. The number of carbonyl (C=O) groups is 9. The molecular weight excluding hydrogens is 1320 g/mol. The molecule has 9 atom stereocenters. The second kappa shape index (κ2) is 39.6. The largest absolute Gasteiger partial charge is 0.870 e. The molecule has 100 heavy (non-hydrogen) atoms. The molecule has 2 aromatic rings. The molecule has 7 amide bonds. The van der Waals surface area contributed by atoms with Crippen molar-refractivity contribution in [3.8, 4) is 28.2 Å². The molecule has 0 spiro atoms. The Bertz CT molecular complexity index is 3790. The maximum Gasteiger partial charge on any atom is 0.336 e. The number of aliphatic hydroxyl groups is 1. The fourth-order valence-corrected chi connectivity index (χ4v) is 11.3. The normalized spacial score (nSPS) is 14.3. The highest BCUT2D eigenvalue weighted by Gasteiger charge is 2.37. The number of amides is 7. The van der Waals surface area contributed by atoms with Crippen molar-refractivity contribution in [1.82, 2.24) is 37.2 Å². The van der Waals surface area contributed by atoms with E-state index in [0.29, 0.717) is 12.2 Å². The van der Waals surface area contributed by atoms with Crippen molar-refractivity contribution in [2.24, 2.45) is 44.8 Å².